The molecule has 218 valence electrons. The minimum Gasteiger partial charge on any atom is -0.434 e. The fraction of sp³-hybridized carbons (Fsp3) is 0.655. The Balaban J connectivity index is 1.27. The van der Waals surface area contributed by atoms with Crippen molar-refractivity contribution in [2.45, 2.75) is 78.2 Å². The maximum Gasteiger partial charge on any atom is 0.282 e. The molecule has 1 amide bonds. The molecule has 3 atom stereocenters. The first-order valence-corrected chi connectivity index (χ1v) is 14.5. The normalized spacial score (nSPS) is 23.2. The van der Waals surface area contributed by atoms with Crippen LogP contribution in [0, 0.1) is 17.2 Å². The molecule has 1 unspecified atom stereocenters. The van der Waals surface area contributed by atoms with Gasteiger partial charge in [-0.1, -0.05) is 6.92 Å². The Labute approximate surface area is 235 Å². The Kier molecular flexibility index (Phi) is 8.26. The number of rotatable bonds is 8. The molecule has 5 rings (SSSR count). The third-order valence-electron chi connectivity index (χ3n) is 8.79. The number of hydrogen-bond donors (Lipinski definition) is 2. The summed E-state index contributed by atoms with van der Waals surface area (Å²) < 4.78 is 20.5. The van der Waals surface area contributed by atoms with Crippen LogP contribution in [0.2, 0.25) is 0 Å². The molecule has 40 heavy (non-hydrogen) atoms. The summed E-state index contributed by atoms with van der Waals surface area (Å²) in [6, 6.07) is 4.11. The Hall–Kier alpha value is -2.89. The monoisotopic (exact) mass is 555 g/mol. The number of likely N-dealkylation sites (tertiary alicyclic amines) is 1. The van der Waals surface area contributed by atoms with Crippen molar-refractivity contribution in [2.75, 3.05) is 37.6 Å². The van der Waals surface area contributed by atoms with E-state index in [2.05, 4.69) is 32.3 Å². The van der Waals surface area contributed by atoms with Crippen molar-refractivity contribution in [3.8, 4) is 11.6 Å². The minimum absolute atomic E-state index is 0.0247. The first kappa shape index (κ1) is 28.6. The standard InChI is InChI=1S/C29H42FN7O3/c1-18(2)37(19(3)4)27(38)22-14-21(30)6-7-23(22)40-26-25(32-17-33-34-26)36-15-29(16-36)9-12-35(13-10-29)28(39)24-20(5)8-11-31-24/h6-7,14,17-20,24,27,31,38H,8-13,15-16H2,1-5H3/t20-,24+,27?/m1/s1. The van der Waals surface area contributed by atoms with E-state index >= 15 is 0 Å². The molecule has 11 heteroatoms. The zero-order chi connectivity index (χ0) is 28.6. The predicted molar refractivity (Wildman–Crippen MR) is 149 cm³/mol. The highest BCUT2D eigenvalue weighted by Gasteiger charge is 2.48. The second-order valence-electron chi connectivity index (χ2n) is 12.3. The summed E-state index contributed by atoms with van der Waals surface area (Å²) in [5.41, 5.74) is 0.446. The molecule has 1 aromatic carbocycles. The molecule has 0 saturated carbocycles. The fourth-order valence-corrected chi connectivity index (χ4v) is 6.57. The summed E-state index contributed by atoms with van der Waals surface area (Å²) in [6.45, 7) is 14.1. The van der Waals surface area contributed by atoms with Crippen LogP contribution in [0.25, 0.3) is 0 Å². The van der Waals surface area contributed by atoms with Gasteiger partial charge in [0.1, 0.15) is 24.1 Å². The lowest BCUT2D eigenvalue weighted by Crippen LogP contribution is -2.62. The van der Waals surface area contributed by atoms with Gasteiger partial charge in [-0.2, -0.15) is 0 Å². The lowest BCUT2D eigenvalue weighted by molar-refractivity contribution is -0.136. The number of nitrogens with one attached hydrogen (secondary N) is 1. The number of aromatic nitrogens is 3. The molecule has 3 aliphatic rings. The van der Waals surface area contributed by atoms with Crippen molar-refractivity contribution < 1.29 is 19.0 Å². The number of benzene rings is 1. The number of carbonyl (C=O) groups is 1. The van der Waals surface area contributed by atoms with Crippen LogP contribution in [0.3, 0.4) is 0 Å². The maximum atomic E-state index is 14.3. The third kappa shape index (κ3) is 5.64. The van der Waals surface area contributed by atoms with Gasteiger partial charge < -0.3 is 25.0 Å². The lowest BCUT2D eigenvalue weighted by atomic mass is 9.72. The maximum absolute atomic E-state index is 14.3. The first-order valence-electron chi connectivity index (χ1n) is 14.5. The van der Waals surface area contributed by atoms with Crippen LogP contribution in [0.5, 0.6) is 11.6 Å². The Morgan fingerprint density at radius 1 is 1.20 bits per heavy atom. The smallest absolute Gasteiger partial charge is 0.282 e. The van der Waals surface area contributed by atoms with Gasteiger partial charge in [0.25, 0.3) is 5.88 Å². The molecular formula is C29H42FN7O3. The molecule has 0 bridgehead atoms. The van der Waals surface area contributed by atoms with Crippen molar-refractivity contribution in [1.29, 1.82) is 0 Å². The van der Waals surface area contributed by atoms with E-state index in [1.807, 2.05) is 37.5 Å². The van der Waals surface area contributed by atoms with Crippen LogP contribution in [0.4, 0.5) is 10.2 Å². The zero-order valence-electron chi connectivity index (χ0n) is 24.2. The highest BCUT2D eigenvalue weighted by molar-refractivity contribution is 5.82. The van der Waals surface area contributed by atoms with Crippen LogP contribution >= 0.6 is 0 Å². The van der Waals surface area contributed by atoms with Crippen LogP contribution in [0.15, 0.2) is 24.5 Å². The number of aliphatic hydroxyl groups is 1. The largest absolute Gasteiger partial charge is 0.434 e. The fourth-order valence-electron chi connectivity index (χ4n) is 6.57. The molecule has 10 nitrogen and oxygen atoms in total. The number of aliphatic hydroxyl groups excluding tert-OH is 1. The van der Waals surface area contributed by atoms with E-state index < -0.39 is 12.0 Å². The van der Waals surface area contributed by atoms with Gasteiger partial charge in [-0.25, -0.2) is 9.37 Å². The van der Waals surface area contributed by atoms with Gasteiger partial charge in [0.05, 0.1) is 6.04 Å². The summed E-state index contributed by atoms with van der Waals surface area (Å²) in [6.07, 6.45) is 3.26. The van der Waals surface area contributed by atoms with E-state index in [0.29, 0.717) is 23.0 Å². The van der Waals surface area contributed by atoms with E-state index in [1.165, 1.54) is 24.5 Å². The van der Waals surface area contributed by atoms with E-state index in [9.17, 15) is 14.3 Å². The second-order valence-corrected chi connectivity index (χ2v) is 12.3. The SMILES string of the molecule is CC(C)N(C(C)C)C(O)c1cc(F)ccc1Oc1nncnc1N1CC2(CCN(C(=O)[C@H]3NCC[C@H]3C)CC2)C1. The van der Waals surface area contributed by atoms with Gasteiger partial charge in [-0.15, -0.1) is 10.2 Å². The quantitative estimate of drug-likeness (QED) is 0.474. The molecule has 3 aliphatic heterocycles. The molecule has 0 radical (unpaired) electrons. The van der Waals surface area contributed by atoms with Gasteiger partial charge >= 0.3 is 0 Å². The van der Waals surface area contributed by atoms with Gasteiger partial charge in [-0.3, -0.25) is 9.69 Å². The summed E-state index contributed by atoms with van der Waals surface area (Å²) in [7, 11) is 0. The van der Waals surface area contributed by atoms with Crippen LogP contribution in [-0.4, -0.2) is 86.8 Å². The van der Waals surface area contributed by atoms with Gasteiger partial charge in [0.2, 0.25) is 5.91 Å². The molecule has 2 N–H and O–H groups in total. The Morgan fingerprint density at radius 3 is 2.52 bits per heavy atom. The second kappa shape index (κ2) is 11.5. The summed E-state index contributed by atoms with van der Waals surface area (Å²) >= 11 is 0. The third-order valence-corrected chi connectivity index (χ3v) is 8.79. The Morgan fingerprint density at radius 2 is 1.90 bits per heavy atom. The van der Waals surface area contributed by atoms with Gasteiger partial charge in [0.15, 0.2) is 5.82 Å². The van der Waals surface area contributed by atoms with Crippen LogP contribution < -0.4 is 15.0 Å². The van der Waals surface area contributed by atoms with Crippen molar-refractivity contribution in [1.82, 2.24) is 30.3 Å². The zero-order valence-corrected chi connectivity index (χ0v) is 24.2. The number of anilines is 1. The molecule has 1 spiro atoms. The molecular weight excluding hydrogens is 513 g/mol. The highest BCUT2D eigenvalue weighted by Crippen LogP contribution is 2.45. The van der Waals surface area contributed by atoms with E-state index in [-0.39, 0.29) is 35.3 Å². The number of nitrogens with zero attached hydrogens (tertiary/aromatic N) is 6. The van der Waals surface area contributed by atoms with Crippen molar-refractivity contribution in [3.63, 3.8) is 0 Å². The number of ether oxygens (including phenoxy) is 1. The van der Waals surface area contributed by atoms with Gasteiger partial charge in [-0.05, 0) is 77.6 Å². The average Bonchev–Trinajstić information content (AvgIpc) is 3.33. The van der Waals surface area contributed by atoms with E-state index in [4.69, 9.17) is 4.74 Å². The molecule has 3 fully saturated rings. The predicted octanol–water partition coefficient (Wildman–Crippen LogP) is 3.34. The first-order chi connectivity index (χ1) is 19.1. The minimum atomic E-state index is -1.07. The topological polar surface area (TPSA) is 107 Å². The molecule has 0 aliphatic carbocycles. The van der Waals surface area contributed by atoms with E-state index in [1.54, 1.807) is 0 Å². The van der Waals surface area contributed by atoms with Crippen molar-refractivity contribution in [2.24, 2.45) is 11.3 Å². The molecule has 3 saturated heterocycles. The van der Waals surface area contributed by atoms with Crippen LogP contribution in [0.1, 0.15) is 65.7 Å². The number of halogens is 1. The molecule has 2 aromatic rings. The highest BCUT2D eigenvalue weighted by atomic mass is 19.1. The Bertz CT molecular complexity index is 1190. The number of amides is 1. The summed E-state index contributed by atoms with van der Waals surface area (Å²) in [5.74, 6) is 1.24. The van der Waals surface area contributed by atoms with Gasteiger partial charge in [0, 0.05) is 49.2 Å². The number of piperidine rings is 1. The number of hydrogen-bond acceptors (Lipinski definition) is 9. The molecule has 1 aromatic heterocycles. The summed E-state index contributed by atoms with van der Waals surface area (Å²) in [4.78, 5) is 23.5. The molecule has 4 heterocycles. The lowest BCUT2D eigenvalue weighted by Gasteiger charge is -2.54. The van der Waals surface area contributed by atoms with Crippen LogP contribution in [-0.2, 0) is 4.79 Å². The summed E-state index contributed by atoms with van der Waals surface area (Å²) in [5, 5.41) is 22.7. The van der Waals surface area contributed by atoms with Crippen molar-refractivity contribution in [3.05, 3.63) is 35.9 Å². The van der Waals surface area contributed by atoms with Crippen molar-refractivity contribution >= 4 is 11.7 Å². The number of carbonyl (C=O) groups excluding carboxylic acids is 1. The van der Waals surface area contributed by atoms with E-state index in [0.717, 1.165) is 52.0 Å². The average molecular weight is 556 g/mol.